The summed E-state index contributed by atoms with van der Waals surface area (Å²) in [5, 5.41) is 9.12. The van der Waals surface area contributed by atoms with Gasteiger partial charge in [0, 0.05) is 23.3 Å². The van der Waals surface area contributed by atoms with Crippen LogP contribution in [0.1, 0.15) is 33.3 Å². The van der Waals surface area contributed by atoms with Gasteiger partial charge >= 0.3 is 11.9 Å². The van der Waals surface area contributed by atoms with Crippen LogP contribution in [0.25, 0.3) is 0 Å². The molecule has 2 aromatic carbocycles. The van der Waals surface area contributed by atoms with Gasteiger partial charge in [0.1, 0.15) is 11.2 Å². The van der Waals surface area contributed by atoms with Crippen LogP contribution in [-0.2, 0) is 24.5 Å². The number of nitrogens with one attached hydrogen (secondary N) is 2. The van der Waals surface area contributed by atoms with E-state index in [0.29, 0.717) is 16.4 Å². The standard InChI is InChI=1S/C22H27N3O4S.C6H5F/c1-5-28-19(26)17-14(3)24-15(4)22(20(27)29-6-2,16-10-8-7-9-11-16)18(17)25-21-23-12-13-30-21;7-6-4-2-1-3-5-6/h7-13,15,18,24H,5-6H2,1-4H3,(H,23,25);1-5H. The molecule has 2 N–H and O–H groups in total. The predicted molar refractivity (Wildman–Crippen MR) is 143 cm³/mol. The van der Waals surface area contributed by atoms with Crippen molar-refractivity contribution in [2.75, 3.05) is 18.5 Å². The van der Waals surface area contributed by atoms with Gasteiger partial charge in [-0.3, -0.25) is 4.79 Å². The zero-order chi connectivity index (χ0) is 26.8. The lowest BCUT2D eigenvalue weighted by Gasteiger charge is -2.48. The Bertz CT molecular complexity index is 1190. The number of carbonyl (C=O) groups is 2. The van der Waals surface area contributed by atoms with Crippen molar-refractivity contribution in [2.45, 2.75) is 45.2 Å². The molecule has 0 saturated heterocycles. The summed E-state index contributed by atoms with van der Waals surface area (Å²) in [4.78, 5) is 31.0. The van der Waals surface area contributed by atoms with E-state index < -0.39 is 23.4 Å². The van der Waals surface area contributed by atoms with E-state index in [1.165, 1.54) is 23.5 Å². The van der Waals surface area contributed by atoms with Crippen LogP contribution < -0.4 is 10.6 Å². The molecule has 196 valence electrons. The van der Waals surface area contributed by atoms with E-state index in [2.05, 4.69) is 15.6 Å². The molecule has 1 aromatic heterocycles. The Hall–Kier alpha value is -3.72. The number of nitrogens with zero attached hydrogens (tertiary/aromatic N) is 1. The molecule has 1 aliphatic rings. The minimum atomic E-state index is -1.22. The van der Waals surface area contributed by atoms with Gasteiger partial charge in [-0.25, -0.2) is 14.2 Å². The maximum absolute atomic E-state index is 13.6. The third kappa shape index (κ3) is 6.17. The SMILES string of the molecule is CCOC(=O)C1=C(C)NC(C)C(C(=O)OCC)(c2ccccc2)C1Nc1nccs1.Fc1ccccc1. The van der Waals surface area contributed by atoms with Crippen LogP contribution in [0, 0.1) is 5.82 Å². The summed E-state index contributed by atoms with van der Waals surface area (Å²) < 4.78 is 22.8. The molecule has 0 radical (unpaired) electrons. The van der Waals surface area contributed by atoms with Crippen molar-refractivity contribution >= 4 is 28.4 Å². The molecule has 9 heteroatoms. The highest BCUT2D eigenvalue weighted by Gasteiger charge is 2.58. The second-order valence-electron chi connectivity index (χ2n) is 8.29. The summed E-state index contributed by atoms with van der Waals surface area (Å²) in [5.74, 6) is -1.07. The number of hydrogen-bond acceptors (Lipinski definition) is 8. The number of carbonyl (C=O) groups excluding carboxylic acids is 2. The predicted octanol–water partition coefficient (Wildman–Crippen LogP) is 5.08. The van der Waals surface area contributed by atoms with Crippen molar-refractivity contribution in [1.82, 2.24) is 10.3 Å². The number of ether oxygens (including phenoxy) is 2. The molecule has 0 fully saturated rings. The lowest BCUT2D eigenvalue weighted by atomic mass is 9.64. The maximum Gasteiger partial charge on any atom is 0.337 e. The van der Waals surface area contributed by atoms with Gasteiger partial charge in [0.05, 0.1) is 24.8 Å². The molecule has 2 heterocycles. The van der Waals surface area contributed by atoms with Crippen LogP contribution in [0.4, 0.5) is 9.52 Å². The molecule has 3 atom stereocenters. The zero-order valence-corrected chi connectivity index (χ0v) is 22.2. The average Bonchev–Trinajstić information content (AvgIpc) is 3.39. The quantitative estimate of drug-likeness (QED) is 0.416. The van der Waals surface area contributed by atoms with Crippen molar-refractivity contribution in [3.05, 3.63) is 94.9 Å². The highest BCUT2D eigenvalue weighted by atomic mass is 32.1. The fraction of sp³-hybridized carbons (Fsp3) is 0.321. The molecule has 0 amide bonds. The number of esters is 2. The first kappa shape index (κ1) is 27.9. The van der Waals surface area contributed by atoms with Crippen LogP contribution in [0.2, 0.25) is 0 Å². The molecule has 4 rings (SSSR count). The number of halogens is 1. The summed E-state index contributed by atoms with van der Waals surface area (Å²) in [6.45, 7) is 7.72. The van der Waals surface area contributed by atoms with Gasteiger partial charge in [0.2, 0.25) is 0 Å². The number of aromatic nitrogens is 1. The van der Waals surface area contributed by atoms with E-state index in [9.17, 15) is 14.0 Å². The van der Waals surface area contributed by atoms with Gasteiger partial charge < -0.3 is 20.1 Å². The van der Waals surface area contributed by atoms with Crippen molar-refractivity contribution in [3.63, 3.8) is 0 Å². The van der Waals surface area contributed by atoms with E-state index in [-0.39, 0.29) is 25.1 Å². The molecular formula is C28H32FN3O4S. The second-order valence-corrected chi connectivity index (χ2v) is 9.19. The summed E-state index contributed by atoms with van der Waals surface area (Å²) in [5.41, 5.74) is 0.546. The molecule has 3 unspecified atom stereocenters. The Morgan fingerprint density at radius 3 is 2.19 bits per heavy atom. The minimum absolute atomic E-state index is 0.178. The number of thiazole rings is 1. The highest BCUT2D eigenvalue weighted by Crippen LogP contribution is 2.42. The zero-order valence-electron chi connectivity index (χ0n) is 21.4. The van der Waals surface area contributed by atoms with Gasteiger partial charge in [0.15, 0.2) is 5.13 Å². The third-order valence-corrected chi connectivity index (χ3v) is 6.76. The van der Waals surface area contributed by atoms with E-state index in [0.717, 1.165) is 5.56 Å². The van der Waals surface area contributed by atoms with E-state index in [1.807, 2.05) is 49.6 Å². The van der Waals surface area contributed by atoms with Crippen molar-refractivity contribution in [3.8, 4) is 0 Å². The molecule has 0 spiro atoms. The normalized spacial score (nSPS) is 20.7. The first-order chi connectivity index (χ1) is 17.9. The number of benzene rings is 2. The lowest BCUT2D eigenvalue weighted by Crippen LogP contribution is -2.66. The molecular weight excluding hydrogens is 493 g/mol. The van der Waals surface area contributed by atoms with Gasteiger partial charge in [-0.1, -0.05) is 48.5 Å². The summed E-state index contributed by atoms with van der Waals surface area (Å²) in [7, 11) is 0. The van der Waals surface area contributed by atoms with E-state index in [4.69, 9.17) is 9.47 Å². The fourth-order valence-electron chi connectivity index (χ4n) is 4.50. The number of rotatable bonds is 7. The lowest BCUT2D eigenvalue weighted by molar-refractivity contribution is -0.152. The molecule has 0 saturated carbocycles. The largest absolute Gasteiger partial charge is 0.465 e. The monoisotopic (exact) mass is 525 g/mol. The summed E-state index contributed by atoms with van der Waals surface area (Å²) in [6.07, 6.45) is 1.67. The molecule has 37 heavy (non-hydrogen) atoms. The molecule has 3 aromatic rings. The number of hydrogen-bond donors (Lipinski definition) is 2. The topological polar surface area (TPSA) is 89.5 Å². The molecule has 0 aliphatic carbocycles. The van der Waals surface area contributed by atoms with E-state index in [1.54, 1.807) is 38.2 Å². The van der Waals surface area contributed by atoms with Gasteiger partial charge in [-0.05, 0) is 45.4 Å². The van der Waals surface area contributed by atoms with Crippen molar-refractivity contribution < 1.29 is 23.5 Å². The Balaban J connectivity index is 0.000000468. The van der Waals surface area contributed by atoms with Crippen LogP contribution in [0.3, 0.4) is 0 Å². The van der Waals surface area contributed by atoms with Crippen LogP contribution in [0.15, 0.2) is 83.5 Å². The van der Waals surface area contributed by atoms with Crippen molar-refractivity contribution in [2.24, 2.45) is 0 Å². The Kier molecular flexibility index (Phi) is 9.79. The highest BCUT2D eigenvalue weighted by molar-refractivity contribution is 7.13. The Labute approximate surface area is 220 Å². The summed E-state index contributed by atoms with van der Waals surface area (Å²) >= 11 is 1.40. The van der Waals surface area contributed by atoms with Crippen LogP contribution in [-0.4, -0.2) is 42.2 Å². The van der Waals surface area contributed by atoms with Gasteiger partial charge in [0.25, 0.3) is 0 Å². The molecule has 1 aliphatic heterocycles. The summed E-state index contributed by atoms with van der Waals surface area (Å²) in [6, 6.07) is 16.2. The number of allylic oxidation sites excluding steroid dienone is 1. The van der Waals surface area contributed by atoms with E-state index >= 15 is 0 Å². The van der Waals surface area contributed by atoms with Gasteiger partial charge in [-0.2, -0.15) is 0 Å². The Morgan fingerprint density at radius 1 is 1.05 bits per heavy atom. The molecule has 7 nitrogen and oxygen atoms in total. The second kappa shape index (κ2) is 13.0. The maximum atomic E-state index is 13.6. The van der Waals surface area contributed by atoms with Crippen LogP contribution >= 0.6 is 11.3 Å². The average molecular weight is 526 g/mol. The minimum Gasteiger partial charge on any atom is -0.465 e. The van der Waals surface area contributed by atoms with Crippen LogP contribution in [0.5, 0.6) is 0 Å². The van der Waals surface area contributed by atoms with Crippen molar-refractivity contribution in [1.29, 1.82) is 0 Å². The fourth-order valence-corrected chi connectivity index (χ4v) is 5.06. The third-order valence-electron chi connectivity index (χ3n) is 6.06. The first-order valence-electron chi connectivity index (χ1n) is 12.1. The van der Waals surface area contributed by atoms with Gasteiger partial charge in [-0.15, -0.1) is 11.3 Å². The molecule has 0 bridgehead atoms. The smallest absolute Gasteiger partial charge is 0.337 e. The number of anilines is 1. The first-order valence-corrected chi connectivity index (χ1v) is 13.0. The Morgan fingerprint density at radius 2 is 1.68 bits per heavy atom.